The van der Waals surface area contributed by atoms with E-state index < -0.39 is 28.5 Å². The van der Waals surface area contributed by atoms with Gasteiger partial charge in [0, 0.05) is 11.8 Å². The summed E-state index contributed by atoms with van der Waals surface area (Å²) in [4.78, 5) is 24.0. The van der Waals surface area contributed by atoms with Crippen LogP contribution in [-0.2, 0) is 19.6 Å². The van der Waals surface area contributed by atoms with Crippen molar-refractivity contribution in [2.45, 2.75) is 18.7 Å². The van der Waals surface area contributed by atoms with Gasteiger partial charge in [-0.2, -0.15) is 0 Å². The number of carbonyl (C=O) groups excluding carboxylic acids is 2. The summed E-state index contributed by atoms with van der Waals surface area (Å²) in [7, 11) is -2.76. The fourth-order valence-corrected chi connectivity index (χ4v) is 3.91. The molecule has 32 heavy (non-hydrogen) atoms. The van der Waals surface area contributed by atoms with E-state index in [0.29, 0.717) is 11.4 Å². The summed E-state index contributed by atoms with van der Waals surface area (Å²) < 4.78 is 43.2. The highest BCUT2D eigenvalue weighted by atomic mass is 32.2. The maximum atomic E-state index is 12.9. The molecule has 0 saturated heterocycles. The Morgan fingerprint density at radius 3 is 2.41 bits per heavy atom. The molecule has 0 aliphatic heterocycles. The molecule has 0 aliphatic carbocycles. The molecular formula is C21H21N3O7S. The molecule has 0 bridgehead atoms. The minimum absolute atomic E-state index is 0.0413. The maximum absolute atomic E-state index is 12.9. The lowest BCUT2D eigenvalue weighted by molar-refractivity contribution is -0.119. The van der Waals surface area contributed by atoms with Crippen LogP contribution in [0.2, 0.25) is 0 Å². The predicted octanol–water partition coefficient (Wildman–Crippen LogP) is 2.90. The Kier molecular flexibility index (Phi) is 6.79. The van der Waals surface area contributed by atoms with E-state index in [1.807, 2.05) is 6.92 Å². The normalized spacial score (nSPS) is 11.0. The molecule has 1 aromatic heterocycles. The number of anilines is 2. The number of rotatable bonds is 8. The SMILES string of the molecule is COc1ccc(C(=O)OCC(=O)Nc2cc(C)no2)cc1S(=O)(=O)Nc1ccc(C)cc1. The Labute approximate surface area is 184 Å². The van der Waals surface area contributed by atoms with Crippen molar-refractivity contribution in [3.8, 4) is 5.75 Å². The highest BCUT2D eigenvalue weighted by molar-refractivity contribution is 7.92. The molecule has 0 spiro atoms. The van der Waals surface area contributed by atoms with E-state index >= 15 is 0 Å². The topological polar surface area (TPSA) is 137 Å². The summed E-state index contributed by atoms with van der Waals surface area (Å²) in [6.07, 6.45) is 0. The van der Waals surface area contributed by atoms with Gasteiger partial charge in [0.15, 0.2) is 6.61 Å². The number of methoxy groups -OCH3 is 1. The number of esters is 1. The molecule has 1 heterocycles. The van der Waals surface area contributed by atoms with Gasteiger partial charge in [0.2, 0.25) is 5.88 Å². The smallest absolute Gasteiger partial charge is 0.338 e. The van der Waals surface area contributed by atoms with Crippen LogP contribution >= 0.6 is 0 Å². The summed E-state index contributed by atoms with van der Waals surface area (Å²) in [5.41, 5.74) is 1.82. The van der Waals surface area contributed by atoms with Crippen LogP contribution in [0.3, 0.4) is 0 Å². The summed E-state index contributed by atoms with van der Waals surface area (Å²) in [6.45, 7) is 2.96. The van der Waals surface area contributed by atoms with Gasteiger partial charge in [-0.3, -0.25) is 14.8 Å². The van der Waals surface area contributed by atoms with Crippen LogP contribution in [0.5, 0.6) is 5.75 Å². The van der Waals surface area contributed by atoms with Gasteiger partial charge in [-0.05, 0) is 44.2 Å². The standard InChI is InChI=1S/C21H21N3O7S/c1-13-4-7-16(8-5-13)24-32(27,28)18-11-15(6-9-17(18)29-3)21(26)30-12-19(25)22-20-10-14(2)23-31-20/h4-11,24H,12H2,1-3H3,(H,22,25). The first-order chi connectivity index (χ1) is 15.2. The molecule has 10 nitrogen and oxygen atoms in total. The Bertz CT molecular complexity index is 1230. The van der Waals surface area contributed by atoms with E-state index in [0.717, 1.165) is 11.6 Å². The first-order valence-corrected chi connectivity index (χ1v) is 10.8. The van der Waals surface area contributed by atoms with Crippen LogP contribution in [0.1, 0.15) is 21.6 Å². The second kappa shape index (κ2) is 9.52. The van der Waals surface area contributed by atoms with Crippen molar-refractivity contribution in [1.29, 1.82) is 0 Å². The average molecular weight is 459 g/mol. The van der Waals surface area contributed by atoms with Crippen LogP contribution in [0, 0.1) is 13.8 Å². The number of hydrogen-bond acceptors (Lipinski definition) is 8. The molecule has 168 valence electrons. The molecular weight excluding hydrogens is 438 g/mol. The van der Waals surface area contributed by atoms with Crippen molar-refractivity contribution in [2.24, 2.45) is 0 Å². The third-order valence-corrected chi connectivity index (χ3v) is 5.62. The molecule has 1 amide bonds. The number of amides is 1. The third-order valence-electron chi connectivity index (χ3n) is 4.22. The van der Waals surface area contributed by atoms with Gasteiger partial charge >= 0.3 is 5.97 Å². The number of sulfonamides is 1. The molecule has 2 N–H and O–H groups in total. The van der Waals surface area contributed by atoms with Crippen LogP contribution in [0.25, 0.3) is 0 Å². The first-order valence-electron chi connectivity index (χ1n) is 9.36. The molecule has 3 aromatic rings. The van der Waals surface area contributed by atoms with Gasteiger partial charge in [-0.15, -0.1) is 0 Å². The maximum Gasteiger partial charge on any atom is 0.338 e. The van der Waals surface area contributed by atoms with Crippen molar-refractivity contribution < 1.29 is 32.0 Å². The van der Waals surface area contributed by atoms with Crippen molar-refractivity contribution in [3.63, 3.8) is 0 Å². The molecule has 0 aliphatic rings. The lowest BCUT2D eigenvalue weighted by atomic mass is 10.2. The van der Waals surface area contributed by atoms with E-state index in [-0.39, 0.29) is 22.1 Å². The van der Waals surface area contributed by atoms with Crippen molar-refractivity contribution in [1.82, 2.24) is 5.16 Å². The molecule has 0 unspecified atom stereocenters. The second-order valence-electron chi connectivity index (χ2n) is 6.79. The zero-order valence-electron chi connectivity index (χ0n) is 17.5. The lowest BCUT2D eigenvalue weighted by Gasteiger charge is -2.13. The molecule has 11 heteroatoms. The Hall–Kier alpha value is -3.86. The zero-order chi connectivity index (χ0) is 23.3. The van der Waals surface area contributed by atoms with Crippen LogP contribution < -0.4 is 14.8 Å². The quantitative estimate of drug-likeness (QED) is 0.491. The van der Waals surface area contributed by atoms with E-state index in [1.54, 1.807) is 31.2 Å². The fourth-order valence-electron chi connectivity index (χ4n) is 2.66. The van der Waals surface area contributed by atoms with Crippen LogP contribution in [0.15, 0.2) is 57.9 Å². The summed E-state index contributed by atoms with van der Waals surface area (Å²) >= 11 is 0. The van der Waals surface area contributed by atoms with E-state index in [1.165, 1.54) is 25.3 Å². The van der Waals surface area contributed by atoms with Crippen LogP contribution in [-0.4, -0.2) is 39.2 Å². The highest BCUT2D eigenvalue weighted by Crippen LogP contribution is 2.27. The summed E-state index contributed by atoms with van der Waals surface area (Å²) in [5, 5.41) is 6.01. The Balaban J connectivity index is 1.73. The van der Waals surface area contributed by atoms with Gasteiger partial charge in [0.1, 0.15) is 10.6 Å². The number of benzene rings is 2. The Morgan fingerprint density at radius 2 is 1.78 bits per heavy atom. The number of nitrogens with one attached hydrogen (secondary N) is 2. The van der Waals surface area contributed by atoms with Gasteiger partial charge < -0.3 is 14.0 Å². The van der Waals surface area contributed by atoms with Crippen LogP contribution in [0.4, 0.5) is 11.6 Å². The summed E-state index contributed by atoms with van der Waals surface area (Å²) in [5.74, 6) is -1.37. The summed E-state index contributed by atoms with van der Waals surface area (Å²) in [6, 6.07) is 12.0. The largest absolute Gasteiger partial charge is 0.495 e. The minimum Gasteiger partial charge on any atom is -0.495 e. The van der Waals surface area contributed by atoms with Gasteiger partial charge in [0.05, 0.1) is 18.4 Å². The first kappa shape index (κ1) is 22.8. The molecule has 0 fully saturated rings. The number of aryl methyl sites for hydroxylation is 2. The second-order valence-corrected chi connectivity index (χ2v) is 8.44. The zero-order valence-corrected chi connectivity index (χ0v) is 18.4. The fraction of sp³-hybridized carbons (Fsp3) is 0.190. The minimum atomic E-state index is -4.08. The number of hydrogen-bond donors (Lipinski definition) is 2. The van der Waals surface area contributed by atoms with Gasteiger partial charge in [-0.1, -0.05) is 22.9 Å². The molecule has 3 rings (SSSR count). The number of ether oxygens (including phenoxy) is 2. The molecule has 0 saturated carbocycles. The Morgan fingerprint density at radius 1 is 1.06 bits per heavy atom. The van der Waals surface area contributed by atoms with Crippen molar-refractivity contribution in [2.75, 3.05) is 23.8 Å². The van der Waals surface area contributed by atoms with E-state index in [4.69, 9.17) is 14.0 Å². The van der Waals surface area contributed by atoms with E-state index in [9.17, 15) is 18.0 Å². The lowest BCUT2D eigenvalue weighted by Crippen LogP contribution is -2.21. The molecule has 0 radical (unpaired) electrons. The monoisotopic (exact) mass is 459 g/mol. The average Bonchev–Trinajstić information content (AvgIpc) is 3.17. The van der Waals surface area contributed by atoms with Crippen molar-refractivity contribution in [3.05, 3.63) is 65.4 Å². The van der Waals surface area contributed by atoms with Crippen molar-refractivity contribution >= 4 is 33.5 Å². The van der Waals surface area contributed by atoms with E-state index in [2.05, 4.69) is 15.2 Å². The number of nitrogens with zero attached hydrogens (tertiary/aromatic N) is 1. The molecule has 2 aromatic carbocycles. The predicted molar refractivity (Wildman–Crippen MR) is 115 cm³/mol. The number of carbonyl (C=O) groups is 2. The van der Waals surface area contributed by atoms with Gasteiger partial charge in [-0.25, -0.2) is 13.2 Å². The highest BCUT2D eigenvalue weighted by Gasteiger charge is 2.23. The van der Waals surface area contributed by atoms with Gasteiger partial charge in [0.25, 0.3) is 15.9 Å². The molecule has 0 atom stereocenters. The third kappa shape index (κ3) is 5.64. The number of aromatic nitrogens is 1.